The van der Waals surface area contributed by atoms with Crippen molar-refractivity contribution in [2.24, 2.45) is 7.05 Å². The first kappa shape index (κ1) is 22.1. The van der Waals surface area contributed by atoms with Gasteiger partial charge in [-0.15, -0.1) is 10.2 Å². The summed E-state index contributed by atoms with van der Waals surface area (Å²) in [7, 11) is -1.72. The van der Waals surface area contributed by atoms with Crippen molar-refractivity contribution < 1.29 is 17.6 Å². The molecule has 2 aromatic heterocycles. The Kier molecular flexibility index (Phi) is 6.95. The fourth-order valence-electron chi connectivity index (χ4n) is 2.81. The molecule has 11 heteroatoms. The molecule has 0 saturated heterocycles. The SMILES string of the molecule is CCN(CC)S(=O)(=O)c1ccc(NC(=O)CSc2nnc(-c3ccco3)n2C)cc1. The summed E-state index contributed by atoms with van der Waals surface area (Å²) >= 11 is 1.24. The lowest BCUT2D eigenvalue weighted by molar-refractivity contribution is -0.113. The van der Waals surface area contributed by atoms with Crippen LogP contribution in [0.1, 0.15) is 13.8 Å². The zero-order chi connectivity index (χ0) is 21.7. The molecule has 1 aromatic carbocycles. The van der Waals surface area contributed by atoms with Crippen LogP contribution in [0.5, 0.6) is 0 Å². The van der Waals surface area contributed by atoms with Gasteiger partial charge in [0.2, 0.25) is 15.9 Å². The van der Waals surface area contributed by atoms with Gasteiger partial charge < -0.3 is 14.3 Å². The van der Waals surface area contributed by atoms with E-state index in [1.807, 2.05) is 0 Å². The van der Waals surface area contributed by atoms with Gasteiger partial charge in [-0.25, -0.2) is 8.42 Å². The van der Waals surface area contributed by atoms with E-state index in [0.29, 0.717) is 35.5 Å². The number of rotatable bonds is 9. The van der Waals surface area contributed by atoms with E-state index in [-0.39, 0.29) is 16.6 Å². The fraction of sp³-hybridized carbons (Fsp3) is 0.316. The van der Waals surface area contributed by atoms with Crippen molar-refractivity contribution in [3.8, 4) is 11.6 Å². The summed E-state index contributed by atoms with van der Waals surface area (Å²) in [6.07, 6.45) is 1.56. The summed E-state index contributed by atoms with van der Waals surface area (Å²) < 4.78 is 33.5. The molecule has 0 aliphatic rings. The van der Waals surface area contributed by atoms with E-state index in [0.717, 1.165) is 0 Å². The maximum Gasteiger partial charge on any atom is 0.243 e. The fourth-order valence-corrected chi connectivity index (χ4v) is 4.98. The van der Waals surface area contributed by atoms with Crippen LogP contribution in [-0.4, -0.2) is 52.2 Å². The van der Waals surface area contributed by atoms with Crippen LogP contribution in [0.4, 0.5) is 5.69 Å². The van der Waals surface area contributed by atoms with Crippen molar-refractivity contribution >= 4 is 33.4 Å². The predicted molar refractivity (Wildman–Crippen MR) is 115 cm³/mol. The predicted octanol–water partition coefficient (Wildman–Crippen LogP) is 2.84. The molecule has 1 N–H and O–H groups in total. The third-order valence-electron chi connectivity index (χ3n) is 4.39. The van der Waals surface area contributed by atoms with Crippen molar-refractivity contribution in [3.05, 3.63) is 42.7 Å². The Bertz CT molecular complexity index is 1090. The van der Waals surface area contributed by atoms with E-state index in [4.69, 9.17) is 4.42 Å². The van der Waals surface area contributed by atoms with E-state index >= 15 is 0 Å². The highest BCUT2D eigenvalue weighted by Crippen LogP contribution is 2.23. The maximum atomic E-state index is 12.5. The van der Waals surface area contributed by atoms with Crippen molar-refractivity contribution in [1.82, 2.24) is 19.1 Å². The lowest BCUT2D eigenvalue weighted by Gasteiger charge is -2.18. The first-order chi connectivity index (χ1) is 14.4. The van der Waals surface area contributed by atoms with Gasteiger partial charge in [0.15, 0.2) is 16.7 Å². The summed E-state index contributed by atoms with van der Waals surface area (Å²) in [5.74, 6) is 1.07. The van der Waals surface area contributed by atoms with Crippen LogP contribution in [-0.2, 0) is 21.9 Å². The largest absolute Gasteiger partial charge is 0.461 e. The van der Waals surface area contributed by atoms with E-state index in [1.54, 1.807) is 56.0 Å². The molecule has 0 radical (unpaired) electrons. The zero-order valence-electron chi connectivity index (χ0n) is 16.9. The molecule has 0 bridgehead atoms. The summed E-state index contributed by atoms with van der Waals surface area (Å²) in [4.78, 5) is 12.5. The van der Waals surface area contributed by atoms with Gasteiger partial charge in [-0.05, 0) is 36.4 Å². The topological polar surface area (TPSA) is 110 Å². The highest BCUT2D eigenvalue weighted by Gasteiger charge is 2.21. The maximum absolute atomic E-state index is 12.5. The van der Waals surface area contributed by atoms with Crippen LogP contribution < -0.4 is 5.32 Å². The molecular weight excluding hydrogens is 426 g/mol. The molecule has 2 heterocycles. The van der Waals surface area contributed by atoms with Gasteiger partial charge in [0.1, 0.15) is 0 Å². The molecule has 160 valence electrons. The molecule has 30 heavy (non-hydrogen) atoms. The molecule has 0 aliphatic carbocycles. The molecule has 1 amide bonds. The van der Waals surface area contributed by atoms with Crippen LogP contribution >= 0.6 is 11.8 Å². The van der Waals surface area contributed by atoms with Crippen molar-refractivity contribution in [3.63, 3.8) is 0 Å². The number of hydrogen-bond acceptors (Lipinski definition) is 7. The highest BCUT2D eigenvalue weighted by atomic mass is 32.2. The Morgan fingerprint density at radius 2 is 1.87 bits per heavy atom. The molecule has 3 aromatic rings. The lowest BCUT2D eigenvalue weighted by Crippen LogP contribution is -2.30. The second kappa shape index (κ2) is 9.45. The summed E-state index contributed by atoms with van der Waals surface area (Å²) in [6.45, 7) is 4.39. The number of sulfonamides is 1. The van der Waals surface area contributed by atoms with Crippen molar-refractivity contribution in [2.75, 3.05) is 24.2 Å². The average molecular weight is 450 g/mol. The van der Waals surface area contributed by atoms with Crippen molar-refractivity contribution in [2.45, 2.75) is 23.9 Å². The molecule has 9 nitrogen and oxygen atoms in total. The third-order valence-corrected chi connectivity index (χ3v) is 7.47. The number of anilines is 1. The van der Waals surface area contributed by atoms with Crippen LogP contribution in [0.15, 0.2) is 57.1 Å². The van der Waals surface area contributed by atoms with E-state index < -0.39 is 10.0 Å². The van der Waals surface area contributed by atoms with Gasteiger partial charge in [-0.3, -0.25) is 4.79 Å². The first-order valence-electron chi connectivity index (χ1n) is 9.33. The molecule has 0 aliphatic heterocycles. The van der Waals surface area contributed by atoms with Gasteiger partial charge in [0.05, 0.1) is 16.9 Å². The number of thioether (sulfide) groups is 1. The average Bonchev–Trinajstić information content (AvgIpc) is 3.37. The molecular formula is C19H23N5O4S2. The minimum Gasteiger partial charge on any atom is -0.461 e. The van der Waals surface area contributed by atoms with Gasteiger partial charge >= 0.3 is 0 Å². The van der Waals surface area contributed by atoms with Crippen LogP contribution in [0.2, 0.25) is 0 Å². The molecule has 0 saturated carbocycles. The Hall–Kier alpha value is -2.63. The summed E-state index contributed by atoms with van der Waals surface area (Å²) in [6, 6.07) is 9.70. The molecule has 0 fully saturated rings. The third kappa shape index (κ3) is 4.74. The molecule has 0 spiro atoms. The lowest BCUT2D eigenvalue weighted by atomic mass is 10.3. The first-order valence-corrected chi connectivity index (χ1v) is 11.8. The number of amides is 1. The monoisotopic (exact) mass is 449 g/mol. The minimum absolute atomic E-state index is 0.129. The molecule has 0 unspecified atom stereocenters. The Labute approximate surface area is 179 Å². The quantitative estimate of drug-likeness (QED) is 0.500. The van der Waals surface area contributed by atoms with Gasteiger partial charge in [0, 0.05) is 25.8 Å². The Morgan fingerprint density at radius 3 is 2.47 bits per heavy atom. The number of carbonyl (C=O) groups excluding carboxylic acids is 1. The molecule has 3 rings (SSSR count). The second-order valence-electron chi connectivity index (χ2n) is 6.29. The Morgan fingerprint density at radius 1 is 1.17 bits per heavy atom. The number of aromatic nitrogens is 3. The van der Waals surface area contributed by atoms with E-state index in [2.05, 4.69) is 15.5 Å². The smallest absolute Gasteiger partial charge is 0.243 e. The van der Waals surface area contributed by atoms with Crippen LogP contribution in [0.3, 0.4) is 0 Å². The standard InChI is InChI=1S/C19H23N5O4S2/c1-4-24(5-2)30(26,27)15-10-8-14(9-11-15)20-17(25)13-29-19-22-21-18(23(19)3)16-7-6-12-28-16/h6-12H,4-5,13H2,1-3H3,(H,20,25). The normalized spacial score (nSPS) is 11.7. The van der Waals surface area contributed by atoms with Crippen LogP contribution in [0.25, 0.3) is 11.6 Å². The minimum atomic E-state index is -3.52. The van der Waals surface area contributed by atoms with E-state index in [9.17, 15) is 13.2 Å². The number of nitrogens with one attached hydrogen (secondary N) is 1. The van der Waals surface area contributed by atoms with Crippen molar-refractivity contribution in [1.29, 1.82) is 0 Å². The number of hydrogen-bond donors (Lipinski definition) is 1. The number of furan rings is 1. The summed E-state index contributed by atoms with van der Waals surface area (Å²) in [5.41, 5.74) is 0.522. The van der Waals surface area contributed by atoms with Gasteiger partial charge in [0.25, 0.3) is 0 Å². The Balaban J connectivity index is 1.59. The van der Waals surface area contributed by atoms with Crippen LogP contribution in [0, 0.1) is 0 Å². The van der Waals surface area contributed by atoms with Gasteiger partial charge in [-0.2, -0.15) is 4.31 Å². The van der Waals surface area contributed by atoms with Gasteiger partial charge in [-0.1, -0.05) is 25.6 Å². The molecule has 0 atom stereocenters. The number of carbonyl (C=O) groups is 1. The number of nitrogens with zero attached hydrogens (tertiary/aromatic N) is 4. The zero-order valence-corrected chi connectivity index (χ0v) is 18.5. The van der Waals surface area contributed by atoms with E-state index in [1.165, 1.54) is 28.2 Å². The second-order valence-corrected chi connectivity index (χ2v) is 9.17. The summed E-state index contributed by atoms with van der Waals surface area (Å²) in [5, 5.41) is 11.5. The number of benzene rings is 1. The highest BCUT2D eigenvalue weighted by molar-refractivity contribution is 7.99.